The molecule has 120 valence electrons. The van der Waals surface area contributed by atoms with Crippen LogP contribution in [-0.2, 0) is 6.42 Å². The normalized spacial score (nSPS) is 27.0. The molecule has 0 aliphatic carbocycles. The summed E-state index contributed by atoms with van der Waals surface area (Å²) in [6, 6.07) is 8.68. The van der Waals surface area contributed by atoms with Crippen LogP contribution in [0.25, 0.3) is 0 Å². The molecule has 3 atom stereocenters. The number of carboxylic acid groups (broad SMARTS) is 1. The fourth-order valence-corrected chi connectivity index (χ4v) is 3.84. The van der Waals surface area contributed by atoms with E-state index in [9.17, 15) is 9.90 Å². The molecule has 0 spiro atoms. The molecule has 2 fully saturated rings. The van der Waals surface area contributed by atoms with Crippen LogP contribution in [0.4, 0.5) is 4.79 Å². The van der Waals surface area contributed by atoms with Crippen molar-refractivity contribution in [1.29, 1.82) is 0 Å². The Bertz CT molecular complexity index is 500. The van der Waals surface area contributed by atoms with Gasteiger partial charge in [-0.2, -0.15) is 0 Å². The predicted octanol–water partition coefficient (Wildman–Crippen LogP) is 4.08. The summed E-state index contributed by atoms with van der Waals surface area (Å²) in [5, 5.41) is 9.28. The van der Waals surface area contributed by atoms with Crippen LogP contribution in [0, 0.1) is 0 Å². The Morgan fingerprint density at radius 2 is 1.86 bits per heavy atom. The molecular weight excluding hydrogens is 278 g/mol. The molecule has 22 heavy (non-hydrogen) atoms. The van der Waals surface area contributed by atoms with E-state index in [1.54, 1.807) is 4.90 Å². The summed E-state index contributed by atoms with van der Waals surface area (Å²) in [5.41, 5.74) is 1.36. The first kappa shape index (κ1) is 15.2. The van der Waals surface area contributed by atoms with Gasteiger partial charge in [-0.3, -0.25) is 0 Å². The number of hydrogen-bond donors (Lipinski definition) is 1. The Balaban J connectivity index is 1.57. The minimum absolute atomic E-state index is 0.144. The molecule has 1 N–H and O–H groups in total. The molecule has 2 heterocycles. The summed E-state index contributed by atoms with van der Waals surface area (Å²) >= 11 is 0. The van der Waals surface area contributed by atoms with Gasteiger partial charge in [0.05, 0.1) is 0 Å². The maximum absolute atomic E-state index is 11.3. The van der Waals surface area contributed by atoms with Gasteiger partial charge in [0.15, 0.2) is 0 Å². The molecule has 1 amide bonds. The molecule has 2 saturated heterocycles. The summed E-state index contributed by atoms with van der Waals surface area (Å²) in [6.07, 6.45) is 6.53. The molecule has 0 aromatic heterocycles. The zero-order valence-electron chi connectivity index (χ0n) is 13.2. The molecule has 0 radical (unpaired) electrons. The maximum atomic E-state index is 11.3. The lowest BCUT2D eigenvalue weighted by Gasteiger charge is -2.37. The van der Waals surface area contributed by atoms with Gasteiger partial charge in [0, 0.05) is 24.9 Å². The summed E-state index contributed by atoms with van der Waals surface area (Å²) < 4.78 is 6.10. The fourth-order valence-electron chi connectivity index (χ4n) is 3.84. The number of carbonyl (C=O) groups is 1. The van der Waals surface area contributed by atoms with Crippen molar-refractivity contribution in [3.8, 4) is 5.75 Å². The number of ether oxygens (including phenoxy) is 1. The largest absolute Gasteiger partial charge is 0.490 e. The highest BCUT2D eigenvalue weighted by molar-refractivity contribution is 5.66. The maximum Gasteiger partial charge on any atom is 0.407 e. The van der Waals surface area contributed by atoms with Gasteiger partial charge in [0.25, 0.3) is 0 Å². The summed E-state index contributed by atoms with van der Waals surface area (Å²) in [5.74, 6) is 0.911. The highest BCUT2D eigenvalue weighted by atomic mass is 16.5. The topological polar surface area (TPSA) is 49.8 Å². The second-order valence-electron chi connectivity index (χ2n) is 6.53. The van der Waals surface area contributed by atoms with Crippen molar-refractivity contribution >= 4 is 6.09 Å². The van der Waals surface area contributed by atoms with Crippen LogP contribution in [0.2, 0.25) is 0 Å². The van der Waals surface area contributed by atoms with Gasteiger partial charge in [-0.05, 0) is 43.4 Å². The summed E-state index contributed by atoms with van der Waals surface area (Å²) in [6.45, 7) is 2.20. The number of unbranched alkanes of at least 4 members (excludes halogenated alkanes) is 1. The van der Waals surface area contributed by atoms with Crippen molar-refractivity contribution in [2.24, 2.45) is 0 Å². The van der Waals surface area contributed by atoms with Crippen molar-refractivity contribution in [3.63, 3.8) is 0 Å². The van der Waals surface area contributed by atoms with E-state index >= 15 is 0 Å². The lowest BCUT2D eigenvalue weighted by Crippen LogP contribution is -2.48. The second-order valence-corrected chi connectivity index (χ2v) is 6.53. The lowest BCUT2D eigenvalue weighted by molar-refractivity contribution is 0.0496. The van der Waals surface area contributed by atoms with Crippen LogP contribution in [0.3, 0.4) is 0 Å². The molecule has 2 bridgehead atoms. The molecule has 1 aromatic rings. The second kappa shape index (κ2) is 6.59. The first-order chi connectivity index (χ1) is 10.7. The molecule has 1 aromatic carbocycles. The van der Waals surface area contributed by atoms with Crippen LogP contribution >= 0.6 is 0 Å². The van der Waals surface area contributed by atoms with Crippen LogP contribution < -0.4 is 4.74 Å². The Hall–Kier alpha value is -1.71. The molecule has 4 nitrogen and oxygen atoms in total. The van der Waals surface area contributed by atoms with Gasteiger partial charge >= 0.3 is 6.09 Å². The van der Waals surface area contributed by atoms with E-state index in [2.05, 4.69) is 31.2 Å². The zero-order chi connectivity index (χ0) is 15.5. The minimum Gasteiger partial charge on any atom is -0.490 e. The van der Waals surface area contributed by atoms with E-state index in [0.29, 0.717) is 0 Å². The quantitative estimate of drug-likeness (QED) is 0.891. The minimum atomic E-state index is -0.772. The number of piperidine rings is 1. The van der Waals surface area contributed by atoms with E-state index in [1.165, 1.54) is 18.4 Å². The number of benzene rings is 1. The molecule has 3 rings (SSSR count). The van der Waals surface area contributed by atoms with Crippen molar-refractivity contribution in [3.05, 3.63) is 29.8 Å². The number of nitrogens with zero attached hydrogens (tertiary/aromatic N) is 1. The Morgan fingerprint density at radius 3 is 2.41 bits per heavy atom. The Morgan fingerprint density at radius 1 is 1.23 bits per heavy atom. The van der Waals surface area contributed by atoms with Crippen LogP contribution in [-0.4, -0.2) is 34.3 Å². The smallest absolute Gasteiger partial charge is 0.407 e. The number of fused-ring (bicyclic) bond motifs is 2. The third kappa shape index (κ3) is 3.21. The van der Waals surface area contributed by atoms with E-state index in [0.717, 1.165) is 37.9 Å². The third-order valence-corrected chi connectivity index (χ3v) is 4.96. The number of amides is 1. The Labute approximate surface area is 132 Å². The monoisotopic (exact) mass is 303 g/mol. The van der Waals surface area contributed by atoms with E-state index in [4.69, 9.17) is 4.74 Å². The van der Waals surface area contributed by atoms with Gasteiger partial charge in [0.1, 0.15) is 11.9 Å². The van der Waals surface area contributed by atoms with Gasteiger partial charge in [-0.25, -0.2) is 4.79 Å². The van der Waals surface area contributed by atoms with Crippen molar-refractivity contribution < 1.29 is 14.6 Å². The van der Waals surface area contributed by atoms with Crippen molar-refractivity contribution in [1.82, 2.24) is 4.90 Å². The van der Waals surface area contributed by atoms with Gasteiger partial charge in [-0.1, -0.05) is 25.5 Å². The lowest BCUT2D eigenvalue weighted by atomic mass is 10.00. The molecule has 2 aliphatic heterocycles. The number of rotatable bonds is 5. The average Bonchev–Trinajstić information content (AvgIpc) is 2.79. The standard InChI is InChI=1S/C18H25NO3/c1-2-3-4-13-5-9-16(10-6-13)22-17-11-14-7-8-15(12-17)19(14)18(20)21/h5-6,9-10,14-15,17H,2-4,7-8,11-12H2,1H3,(H,20,21)/t14-,15+,17?. The first-order valence-electron chi connectivity index (χ1n) is 8.44. The molecule has 4 heteroatoms. The van der Waals surface area contributed by atoms with E-state index < -0.39 is 6.09 Å². The SMILES string of the molecule is CCCCc1ccc(OC2C[C@H]3CC[C@@H](C2)N3C(=O)O)cc1. The van der Waals surface area contributed by atoms with Crippen molar-refractivity contribution in [2.75, 3.05) is 0 Å². The fraction of sp³-hybridized carbons (Fsp3) is 0.611. The zero-order valence-corrected chi connectivity index (χ0v) is 13.2. The average molecular weight is 303 g/mol. The third-order valence-electron chi connectivity index (χ3n) is 4.96. The van der Waals surface area contributed by atoms with Gasteiger partial charge in [0.2, 0.25) is 0 Å². The van der Waals surface area contributed by atoms with E-state index in [-0.39, 0.29) is 18.2 Å². The highest BCUT2D eigenvalue weighted by Gasteiger charge is 2.44. The summed E-state index contributed by atoms with van der Waals surface area (Å²) in [7, 11) is 0. The molecule has 1 unspecified atom stereocenters. The molecule has 0 saturated carbocycles. The van der Waals surface area contributed by atoms with Gasteiger partial charge in [-0.15, -0.1) is 0 Å². The van der Waals surface area contributed by atoms with Crippen molar-refractivity contribution in [2.45, 2.75) is 70.1 Å². The predicted molar refractivity (Wildman–Crippen MR) is 85.4 cm³/mol. The van der Waals surface area contributed by atoms with Crippen LogP contribution in [0.5, 0.6) is 5.75 Å². The highest BCUT2D eigenvalue weighted by Crippen LogP contribution is 2.37. The number of hydrogen-bond acceptors (Lipinski definition) is 2. The molecule has 2 aliphatic rings. The summed E-state index contributed by atoms with van der Waals surface area (Å²) in [4.78, 5) is 12.9. The van der Waals surface area contributed by atoms with Crippen LogP contribution in [0.1, 0.15) is 51.0 Å². The molecular formula is C18H25NO3. The van der Waals surface area contributed by atoms with Gasteiger partial charge < -0.3 is 14.7 Å². The van der Waals surface area contributed by atoms with Crippen LogP contribution in [0.15, 0.2) is 24.3 Å². The van der Waals surface area contributed by atoms with E-state index in [1.807, 2.05) is 0 Å². The Kier molecular flexibility index (Phi) is 4.55. The number of aryl methyl sites for hydroxylation is 1. The first-order valence-corrected chi connectivity index (χ1v) is 8.44.